The van der Waals surface area contributed by atoms with Gasteiger partial charge < -0.3 is 14.2 Å². The van der Waals surface area contributed by atoms with E-state index in [9.17, 15) is 0 Å². The van der Waals surface area contributed by atoms with E-state index >= 15 is 0 Å². The van der Waals surface area contributed by atoms with Crippen LogP contribution in [0.5, 0.6) is 0 Å². The van der Waals surface area contributed by atoms with Gasteiger partial charge in [0.15, 0.2) is 0 Å². The van der Waals surface area contributed by atoms with Crippen LogP contribution < -0.4 is 0 Å². The Hall–Kier alpha value is -0.120. The molecule has 0 aliphatic carbocycles. The van der Waals surface area contributed by atoms with Crippen molar-refractivity contribution in [3.8, 4) is 0 Å². The molecule has 92 valence electrons. The lowest BCUT2D eigenvalue weighted by Gasteiger charge is -2.16. The predicted octanol–water partition coefficient (Wildman–Crippen LogP) is 2.63. The van der Waals surface area contributed by atoms with Crippen LogP contribution in [0.15, 0.2) is 0 Å². The molecule has 0 aliphatic heterocycles. The van der Waals surface area contributed by atoms with Crippen LogP contribution >= 0.6 is 0 Å². The fourth-order valence-corrected chi connectivity index (χ4v) is 1.26. The van der Waals surface area contributed by atoms with Gasteiger partial charge in [-0.3, -0.25) is 0 Å². The van der Waals surface area contributed by atoms with Crippen molar-refractivity contribution >= 4 is 0 Å². The van der Waals surface area contributed by atoms with Crippen LogP contribution in [0.2, 0.25) is 0 Å². The molecule has 0 aromatic rings. The molecule has 0 N–H and O–H groups in total. The fraction of sp³-hybridized carbons (Fsp3) is 1.00. The summed E-state index contributed by atoms with van der Waals surface area (Å²) in [7, 11) is 0. The summed E-state index contributed by atoms with van der Waals surface area (Å²) in [6, 6.07) is 0. The van der Waals surface area contributed by atoms with Crippen LogP contribution in [-0.4, -0.2) is 39.1 Å². The van der Waals surface area contributed by atoms with Crippen molar-refractivity contribution in [3.63, 3.8) is 0 Å². The topological polar surface area (TPSA) is 27.7 Å². The van der Waals surface area contributed by atoms with E-state index in [2.05, 4.69) is 6.92 Å². The molecule has 0 saturated heterocycles. The first-order valence-corrected chi connectivity index (χ1v) is 6.12. The minimum atomic E-state index is 0.191. The molecule has 3 nitrogen and oxygen atoms in total. The molecule has 0 amide bonds. The van der Waals surface area contributed by atoms with Crippen LogP contribution in [0.4, 0.5) is 0 Å². The van der Waals surface area contributed by atoms with Crippen molar-refractivity contribution in [2.75, 3.05) is 33.0 Å². The molecule has 1 unspecified atom stereocenters. The summed E-state index contributed by atoms with van der Waals surface area (Å²) in [5.74, 6) is 0. The van der Waals surface area contributed by atoms with Gasteiger partial charge in [-0.1, -0.05) is 13.3 Å². The van der Waals surface area contributed by atoms with Gasteiger partial charge in [-0.15, -0.1) is 0 Å². The van der Waals surface area contributed by atoms with E-state index in [0.717, 1.165) is 39.3 Å². The molecular weight excluding hydrogens is 192 g/mol. The Balaban J connectivity index is 3.38. The Morgan fingerprint density at radius 1 is 0.933 bits per heavy atom. The number of rotatable bonds is 11. The average Bonchev–Trinajstić information content (AvgIpc) is 2.25. The zero-order chi connectivity index (χ0) is 11.4. The lowest BCUT2D eigenvalue weighted by atomic mass is 10.3. The van der Waals surface area contributed by atoms with Gasteiger partial charge in [0, 0.05) is 26.4 Å². The van der Waals surface area contributed by atoms with Gasteiger partial charge in [0.1, 0.15) is 0 Å². The Morgan fingerprint density at radius 3 is 2.33 bits per heavy atom. The summed E-state index contributed by atoms with van der Waals surface area (Å²) >= 11 is 0. The van der Waals surface area contributed by atoms with E-state index in [1.165, 1.54) is 6.42 Å². The summed E-state index contributed by atoms with van der Waals surface area (Å²) < 4.78 is 16.4. The zero-order valence-corrected chi connectivity index (χ0v) is 10.5. The number of unbranched alkanes of at least 4 members (excludes halogenated alkanes) is 1. The lowest BCUT2D eigenvalue weighted by Crippen LogP contribution is -2.22. The maximum absolute atomic E-state index is 5.55. The second-order valence-corrected chi connectivity index (χ2v) is 3.49. The molecule has 0 aliphatic rings. The molecule has 3 heteroatoms. The van der Waals surface area contributed by atoms with Gasteiger partial charge in [-0.2, -0.15) is 0 Å². The summed E-state index contributed by atoms with van der Waals surface area (Å²) in [5.41, 5.74) is 0. The molecule has 0 spiro atoms. The second kappa shape index (κ2) is 12.0. The zero-order valence-electron chi connectivity index (χ0n) is 10.5. The Kier molecular flexibility index (Phi) is 11.9. The highest BCUT2D eigenvalue weighted by molar-refractivity contribution is 4.56. The molecule has 0 radical (unpaired) electrons. The fourth-order valence-electron chi connectivity index (χ4n) is 1.26. The summed E-state index contributed by atoms with van der Waals surface area (Å²) in [6.07, 6.45) is 3.45. The molecule has 0 fully saturated rings. The van der Waals surface area contributed by atoms with Gasteiger partial charge in [-0.05, 0) is 26.7 Å². The van der Waals surface area contributed by atoms with Crippen molar-refractivity contribution < 1.29 is 14.2 Å². The van der Waals surface area contributed by atoms with Crippen molar-refractivity contribution in [2.24, 2.45) is 0 Å². The summed E-state index contributed by atoms with van der Waals surface area (Å²) in [4.78, 5) is 0. The average molecular weight is 218 g/mol. The smallest absolute Gasteiger partial charge is 0.0830 e. The maximum Gasteiger partial charge on any atom is 0.0830 e. The quantitative estimate of drug-likeness (QED) is 0.499. The molecule has 15 heavy (non-hydrogen) atoms. The Morgan fingerprint density at radius 2 is 1.73 bits per heavy atom. The van der Waals surface area contributed by atoms with E-state index in [1.54, 1.807) is 0 Å². The molecule has 0 bridgehead atoms. The molecule has 1 atom stereocenters. The van der Waals surface area contributed by atoms with Crippen molar-refractivity contribution in [2.45, 2.75) is 46.1 Å². The molecule has 0 heterocycles. The van der Waals surface area contributed by atoms with Gasteiger partial charge in [-0.25, -0.2) is 0 Å². The highest BCUT2D eigenvalue weighted by Crippen LogP contribution is 2.01. The molecule has 0 aromatic heterocycles. The van der Waals surface area contributed by atoms with Crippen molar-refractivity contribution in [3.05, 3.63) is 0 Å². The number of hydrogen-bond donors (Lipinski definition) is 0. The van der Waals surface area contributed by atoms with E-state index in [4.69, 9.17) is 14.2 Å². The Labute approximate surface area is 94.1 Å². The monoisotopic (exact) mass is 218 g/mol. The normalized spacial score (nSPS) is 13.0. The van der Waals surface area contributed by atoms with Crippen LogP contribution in [0.3, 0.4) is 0 Å². The third-order valence-corrected chi connectivity index (χ3v) is 2.14. The molecule has 0 saturated carbocycles. The van der Waals surface area contributed by atoms with Gasteiger partial charge in [0.05, 0.1) is 12.7 Å². The van der Waals surface area contributed by atoms with E-state index in [-0.39, 0.29) is 6.10 Å². The Bertz CT molecular complexity index is 117. The van der Waals surface area contributed by atoms with E-state index in [1.807, 2.05) is 13.8 Å². The van der Waals surface area contributed by atoms with E-state index in [0.29, 0.717) is 6.61 Å². The summed E-state index contributed by atoms with van der Waals surface area (Å²) in [5, 5.41) is 0. The van der Waals surface area contributed by atoms with Crippen molar-refractivity contribution in [1.29, 1.82) is 0 Å². The minimum Gasteiger partial charge on any atom is -0.381 e. The second-order valence-electron chi connectivity index (χ2n) is 3.49. The third kappa shape index (κ3) is 10.2. The van der Waals surface area contributed by atoms with Crippen LogP contribution in [-0.2, 0) is 14.2 Å². The number of hydrogen-bond acceptors (Lipinski definition) is 3. The summed E-state index contributed by atoms with van der Waals surface area (Å²) in [6.45, 7) is 10.00. The van der Waals surface area contributed by atoms with E-state index < -0.39 is 0 Å². The van der Waals surface area contributed by atoms with Crippen LogP contribution in [0, 0.1) is 0 Å². The highest BCUT2D eigenvalue weighted by Gasteiger charge is 2.07. The SMILES string of the molecule is CCCCOCCC(COCC)OCC. The first-order valence-electron chi connectivity index (χ1n) is 6.12. The van der Waals surface area contributed by atoms with Gasteiger partial charge in [0.25, 0.3) is 0 Å². The highest BCUT2D eigenvalue weighted by atomic mass is 16.5. The number of ether oxygens (including phenoxy) is 3. The van der Waals surface area contributed by atoms with Crippen LogP contribution in [0.25, 0.3) is 0 Å². The van der Waals surface area contributed by atoms with Gasteiger partial charge in [0.2, 0.25) is 0 Å². The lowest BCUT2D eigenvalue weighted by molar-refractivity contribution is -0.0264. The third-order valence-electron chi connectivity index (χ3n) is 2.14. The molecule has 0 aromatic carbocycles. The maximum atomic E-state index is 5.55. The molecule has 0 rings (SSSR count). The van der Waals surface area contributed by atoms with Gasteiger partial charge >= 0.3 is 0 Å². The van der Waals surface area contributed by atoms with Crippen LogP contribution in [0.1, 0.15) is 40.0 Å². The van der Waals surface area contributed by atoms with Crippen molar-refractivity contribution in [1.82, 2.24) is 0 Å². The molecular formula is C12H26O3. The standard InChI is InChI=1S/C12H26O3/c1-4-7-9-14-10-8-12(15-6-3)11-13-5-2/h12H,4-11H2,1-3H3. The first-order chi connectivity index (χ1) is 7.35. The predicted molar refractivity (Wildman–Crippen MR) is 62.3 cm³/mol. The first kappa shape index (κ1) is 14.9. The minimum absolute atomic E-state index is 0.191. The largest absolute Gasteiger partial charge is 0.381 e.